The molecule has 0 aliphatic carbocycles. The maximum absolute atomic E-state index is 12.8. The molecule has 21 heavy (non-hydrogen) atoms. The van der Waals surface area contributed by atoms with E-state index >= 15 is 0 Å². The lowest BCUT2D eigenvalue weighted by Gasteiger charge is -2.01. The van der Waals surface area contributed by atoms with Crippen molar-refractivity contribution in [2.24, 2.45) is 0 Å². The van der Waals surface area contributed by atoms with Crippen molar-refractivity contribution in [1.82, 2.24) is 14.6 Å². The van der Waals surface area contributed by atoms with Crippen molar-refractivity contribution in [2.75, 3.05) is 5.75 Å². The minimum atomic E-state index is -0.296. The third-order valence-electron chi connectivity index (χ3n) is 2.96. The molecule has 1 aromatic carbocycles. The van der Waals surface area contributed by atoms with Gasteiger partial charge in [-0.05, 0) is 29.8 Å². The summed E-state index contributed by atoms with van der Waals surface area (Å²) in [6, 6.07) is 11.6. The van der Waals surface area contributed by atoms with Crippen LogP contribution in [0.4, 0.5) is 4.39 Å². The molecule has 0 N–H and O–H groups in total. The van der Waals surface area contributed by atoms with Gasteiger partial charge in [-0.25, -0.2) is 4.39 Å². The molecule has 0 atom stereocenters. The fourth-order valence-corrected chi connectivity index (χ4v) is 2.73. The van der Waals surface area contributed by atoms with Crippen molar-refractivity contribution in [3.63, 3.8) is 0 Å². The molecule has 0 saturated carbocycles. The predicted molar refractivity (Wildman–Crippen MR) is 78.8 cm³/mol. The van der Waals surface area contributed by atoms with Gasteiger partial charge in [0.05, 0.1) is 5.75 Å². The molecule has 0 radical (unpaired) electrons. The van der Waals surface area contributed by atoms with E-state index in [4.69, 9.17) is 0 Å². The van der Waals surface area contributed by atoms with Crippen molar-refractivity contribution in [3.05, 3.63) is 60.0 Å². The first-order valence-corrected chi connectivity index (χ1v) is 7.39. The Balaban J connectivity index is 1.62. The second-order valence-corrected chi connectivity index (χ2v) is 5.48. The van der Waals surface area contributed by atoms with Crippen LogP contribution in [-0.2, 0) is 11.2 Å². The number of hydrogen-bond donors (Lipinski definition) is 0. The zero-order chi connectivity index (χ0) is 14.7. The van der Waals surface area contributed by atoms with E-state index in [0.717, 1.165) is 11.2 Å². The van der Waals surface area contributed by atoms with Crippen molar-refractivity contribution in [1.29, 1.82) is 0 Å². The fourth-order valence-electron chi connectivity index (χ4n) is 1.94. The number of benzene rings is 1. The summed E-state index contributed by atoms with van der Waals surface area (Å²) in [5.41, 5.74) is 1.57. The van der Waals surface area contributed by atoms with Crippen LogP contribution in [-0.4, -0.2) is 26.1 Å². The van der Waals surface area contributed by atoms with Gasteiger partial charge >= 0.3 is 0 Å². The number of carbonyl (C=O) groups is 1. The van der Waals surface area contributed by atoms with Crippen molar-refractivity contribution >= 4 is 23.2 Å². The highest BCUT2D eigenvalue weighted by atomic mass is 32.2. The Morgan fingerprint density at radius 2 is 1.95 bits per heavy atom. The van der Waals surface area contributed by atoms with Gasteiger partial charge in [-0.15, -0.1) is 10.2 Å². The van der Waals surface area contributed by atoms with E-state index in [-0.39, 0.29) is 11.6 Å². The van der Waals surface area contributed by atoms with E-state index in [1.54, 1.807) is 12.1 Å². The van der Waals surface area contributed by atoms with Crippen LogP contribution in [0, 0.1) is 5.82 Å². The minimum absolute atomic E-state index is 0.0688. The van der Waals surface area contributed by atoms with Gasteiger partial charge in [0.1, 0.15) is 11.6 Å². The third kappa shape index (κ3) is 3.28. The van der Waals surface area contributed by atoms with Crippen LogP contribution in [0.15, 0.2) is 53.8 Å². The van der Waals surface area contributed by atoms with E-state index in [1.165, 1.54) is 23.9 Å². The predicted octanol–water partition coefficient (Wildman–Crippen LogP) is 2.77. The number of hydrogen-bond acceptors (Lipinski definition) is 4. The van der Waals surface area contributed by atoms with Crippen LogP contribution in [0.5, 0.6) is 0 Å². The highest BCUT2D eigenvalue weighted by Crippen LogP contribution is 2.17. The highest BCUT2D eigenvalue weighted by Gasteiger charge is 2.09. The lowest BCUT2D eigenvalue weighted by atomic mass is 10.1. The number of fused-ring (bicyclic) bond motifs is 1. The molecular weight excluding hydrogens is 289 g/mol. The Morgan fingerprint density at radius 1 is 1.14 bits per heavy atom. The zero-order valence-electron chi connectivity index (χ0n) is 11.1. The van der Waals surface area contributed by atoms with E-state index in [9.17, 15) is 9.18 Å². The van der Waals surface area contributed by atoms with Crippen LogP contribution in [0.25, 0.3) is 5.65 Å². The monoisotopic (exact) mass is 301 g/mol. The Hall–Kier alpha value is -2.21. The van der Waals surface area contributed by atoms with Crippen LogP contribution in [0.3, 0.4) is 0 Å². The number of pyridine rings is 1. The van der Waals surface area contributed by atoms with Gasteiger partial charge in [-0.1, -0.05) is 30.0 Å². The maximum Gasteiger partial charge on any atom is 0.196 e. The summed E-state index contributed by atoms with van der Waals surface area (Å²) in [5.74, 6) is 0.0855. The summed E-state index contributed by atoms with van der Waals surface area (Å²) in [7, 11) is 0. The van der Waals surface area contributed by atoms with Crippen molar-refractivity contribution in [2.45, 2.75) is 11.6 Å². The number of carbonyl (C=O) groups excluding carboxylic acids is 1. The first-order valence-electron chi connectivity index (χ1n) is 6.41. The first kappa shape index (κ1) is 13.8. The Bertz CT molecular complexity index is 770. The normalized spacial score (nSPS) is 10.9. The number of rotatable bonds is 5. The lowest BCUT2D eigenvalue weighted by molar-refractivity contribution is -0.116. The average Bonchev–Trinajstić information content (AvgIpc) is 2.91. The molecule has 0 spiro atoms. The quantitative estimate of drug-likeness (QED) is 0.680. The van der Waals surface area contributed by atoms with Gasteiger partial charge in [-0.3, -0.25) is 9.20 Å². The van der Waals surface area contributed by atoms with Gasteiger partial charge in [0, 0.05) is 12.6 Å². The largest absolute Gasteiger partial charge is 0.298 e. The molecule has 4 nitrogen and oxygen atoms in total. The molecule has 2 aromatic heterocycles. The van der Waals surface area contributed by atoms with Gasteiger partial charge in [0.2, 0.25) is 0 Å². The molecular formula is C15H12FN3OS. The fraction of sp³-hybridized carbons (Fsp3) is 0.133. The molecule has 0 fully saturated rings. The van der Waals surface area contributed by atoms with E-state index in [2.05, 4.69) is 10.2 Å². The standard InChI is InChI=1S/C15H12FN3OS/c16-12-6-4-11(5-7-12)9-13(20)10-21-15-18-17-14-3-1-2-8-19(14)15/h1-8H,9-10H2. The minimum Gasteiger partial charge on any atom is -0.298 e. The average molecular weight is 301 g/mol. The number of thioether (sulfide) groups is 1. The van der Waals surface area contributed by atoms with E-state index in [1.807, 2.05) is 28.8 Å². The molecule has 0 aliphatic rings. The molecule has 106 valence electrons. The lowest BCUT2D eigenvalue weighted by Crippen LogP contribution is -2.06. The topological polar surface area (TPSA) is 47.3 Å². The first-order chi connectivity index (χ1) is 10.2. The molecule has 0 saturated heterocycles. The Labute approximate surface area is 125 Å². The smallest absolute Gasteiger partial charge is 0.196 e. The second kappa shape index (κ2) is 6.05. The summed E-state index contributed by atoms with van der Waals surface area (Å²) in [4.78, 5) is 12.0. The molecule has 0 amide bonds. The number of aromatic nitrogens is 3. The molecule has 3 rings (SSSR count). The summed E-state index contributed by atoms with van der Waals surface area (Å²) >= 11 is 1.35. The summed E-state index contributed by atoms with van der Waals surface area (Å²) in [6.45, 7) is 0. The second-order valence-electron chi connectivity index (χ2n) is 4.54. The van der Waals surface area contributed by atoms with Crippen molar-refractivity contribution in [3.8, 4) is 0 Å². The highest BCUT2D eigenvalue weighted by molar-refractivity contribution is 7.99. The van der Waals surface area contributed by atoms with Crippen molar-refractivity contribution < 1.29 is 9.18 Å². The summed E-state index contributed by atoms with van der Waals surface area (Å²) < 4.78 is 14.6. The number of halogens is 1. The van der Waals surface area contributed by atoms with Gasteiger partial charge in [0.25, 0.3) is 0 Å². The van der Waals surface area contributed by atoms with Crippen LogP contribution >= 0.6 is 11.8 Å². The van der Waals surface area contributed by atoms with Gasteiger partial charge in [0.15, 0.2) is 10.8 Å². The van der Waals surface area contributed by atoms with Gasteiger partial charge in [-0.2, -0.15) is 0 Å². The Morgan fingerprint density at radius 3 is 2.76 bits per heavy atom. The number of nitrogens with zero attached hydrogens (tertiary/aromatic N) is 3. The summed E-state index contributed by atoms with van der Waals surface area (Å²) in [5, 5.41) is 8.78. The number of Topliss-reactive ketones (excluding diaryl/α,β-unsaturated/α-hetero) is 1. The van der Waals surface area contributed by atoms with Crippen LogP contribution in [0.2, 0.25) is 0 Å². The van der Waals surface area contributed by atoms with E-state index < -0.39 is 0 Å². The molecule has 0 bridgehead atoms. The SMILES string of the molecule is O=C(CSc1nnc2ccccn12)Cc1ccc(F)cc1. The molecule has 0 unspecified atom stereocenters. The Kier molecular flexibility index (Phi) is 3.96. The third-order valence-corrected chi connectivity index (χ3v) is 3.96. The zero-order valence-corrected chi connectivity index (χ0v) is 11.9. The summed E-state index contributed by atoms with van der Waals surface area (Å²) in [6.07, 6.45) is 2.16. The molecule has 3 aromatic rings. The van der Waals surface area contributed by atoms with E-state index in [0.29, 0.717) is 17.3 Å². The molecule has 6 heteroatoms. The number of ketones is 1. The molecule has 2 heterocycles. The van der Waals surface area contributed by atoms with Crippen LogP contribution in [0.1, 0.15) is 5.56 Å². The molecule has 0 aliphatic heterocycles. The van der Waals surface area contributed by atoms with Gasteiger partial charge < -0.3 is 0 Å². The maximum atomic E-state index is 12.8. The van der Waals surface area contributed by atoms with Crippen LogP contribution < -0.4 is 0 Å².